The molecule has 0 saturated heterocycles. The first-order chi connectivity index (χ1) is 15.0. The molecule has 0 aliphatic heterocycles. The lowest BCUT2D eigenvalue weighted by Gasteiger charge is -2.17. The Bertz CT molecular complexity index is 998. The van der Waals surface area contributed by atoms with Crippen LogP contribution in [0.2, 0.25) is 0 Å². The van der Waals surface area contributed by atoms with Gasteiger partial charge in [0.25, 0.3) is 5.91 Å². The number of carbonyl (C=O) groups excluding carboxylic acids is 1. The monoisotopic (exact) mass is 423 g/mol. The van der Waals surface area contributed by atoms with Gasteiger partial charge in [-0.15, -0.1) is 0 Å². The van der Waals surface area contributed by atoms with Crippen molar-refractivity contribution in [3.63, 3.8) is 0 Å². The van der Waals surface area contributed by atoms with E-state index in [9.17, 15) is 4.79 Å². The van der Waals surface area contributed by atoms with Crippen molar-refractivity contribution in [2.24, 2.45) is 7.05 Å². The van der Waals surface area contributed by atoms with Gasteiger partial charge in [0, 0.05) is 25.0 Å². The largest absolute Gasteiger partial charge is 0.490 e. The third kappa shape index (κ3) is 5.78. The standard InChI is InChI=1S/C24H29N3O4/c1-5-29-21-12-9-19(15-22(21)30-6-2)17(3)26-24(28)18-7-10-20(11-8-18)31-16-23-25-13-14-27(23)4/h7-15,17H,5-6,16H2,1-4H3,(H,26,28). The summed E-state index contributed by atoms with van der Waals surface area (Å²) in [6.45, 7) is 7.27. The number of carbonyl (C=O) groups is 1. The van der Waals surface area contributed by atoms with Gasteiger partial charge in [-0.2, -0.15) is 0 Å². The summed E-state index contributed by atoms with van der Waals surface area (Å²) >= 11 is 0. The lowest BCUT2D eigenvalue weighted by Crippen LogP contribution is -2.26. The van der Waals surface area contributed by atoms with E-state index in [1.165, 1.54) is 0 Å². The van der Waals surface area contributed by atoms with Crippen molar-refractivity contribution < 1.29 is 19.0 Å². The molecule has 0 spiro atoms. The summed E-state index contributed by atoms with van der Waals surface area (Å²) < 4.78 is 18.9. The molecule has 1 aromatic heterocycles. The first kappa shape index (κ1) is 22.2. The van der Waals surface area contributed by atoms with Gasteiger partial charge in [0.05, 0.1) is 19.3 Å². The molecule has 1 unspecified atom stereocenters. The second kappa shape index (κ2) is 10.5. The number of imidazole rings is 1. The van der Waals surface area contributed by atoms with Crippen LogP contribution in [0.3, 0.4) is 0 Å². The quantitative estimate of drug-likeness (QED) is 0.527. The Morgan fingerprint density at radius 2 is 1.74 bits per heavy atom. The van der Waals surface area contributed by atoms with Gasteiger partial charge in [0.1, 0.15) is 18.2 Å². The van der Waals surface area contributed by atoms with Gasteiger partial charge in [-0.05, 0) is 62.7 Å². The van der Waals surface area contributed by atoms with Crippen molar-refractivity contribution in [3.8, 4) is 17.2 Å². The number of amides is 1. The molecule has 0 saturated carbocycles. The minimum atomic E-state index is -0.193. The van der Waals surface area contributed by atoms with Crippen LogP contribution in [0.15, 0.2) is 54.9 Å². The van der Waals surface area contributed by atoms with E-state index in [0.29, 0.717) is 42.6 Å². The fourth-order valence-corrected chi connectivity index (χ4v) is 3.09. The summed E-state index contributed by atoms with van der Waals surface area (Å²) in [4.78, 5) is 16.9. The molecule has 0 radical (unpaired) electrons. The van der Waals surface area contributed by atoms with Gasteiger partial charge < -0.3 is 24.1 Å². The van der Waals surface area contributed by atoms with Crippen molar-refractivity contribution in [2.45, 2.75) is 33.4 Å². The first-order valence-electron chi connectivity index (χ1n) is 10.4. The third-order valence-corrected chi connectivity index (χ3v) is 4.82. The lowest BCUT2D eigenvalue weighted by atomic mass is 10.1. The molecule has 1 heterocycles. The maximum Gasteiger partial charge on any atom is 0.251 e. The summed E-state index contributed by atoms with van der Waals surface area (Å²) in [7, 11) is 1.92. The molecular formula is C24H29N3O4. The number of aromatic nitrogens is 2. The Balaban J connectivity index is 1.61. The number of nitrogens with one attached hydrogen (secondary N) is 1. The smallest absolute Gasteiger partial charge is 0.251 e. The lowest BCUT2D eigenvalue weighted by molar-refractivity contribution is 0.0939. The van der Waals surface area contributed by atoms with Crippen LogP contribution in [-0.2, 0) is 13.7 Å². The number of aryl methyl sites for hydroxylation is 1. The van der Waals surface area contributed by atoms with Crippen molar-refractivity contribution in [1.82, 2.24) is 14.9 Å². The second-order valence-electron chi connectivity index (χ2n) is 7.03. The van der Waals surface area contributed by atoms with Gasteiger partial charge in [0.2, 0.25) is 0 Å². The molecule has 3 rings (SSSR count). The SMILES string of the molecule is CCOc1ccc(C(C)NC(=O)c2ccc(OCc3nccn3C)cc2)cc1OCC. The number of hydrogen-bond acceptors (Lipinski definition) is 5. The van der Waals surface area contributed by atoms with Crippen molar-refractivity contribution in [1.29, 1.82) is 0 Å². The fourth-order valence-electron chi connectivity index (χ4n) is 3.09. The molecule has 1 amide bonds. The van der Waals surface area contributed by atoms with E-state index in [-0.39, 0.29) is 11.9 Å². The summed E-state index contributed by atoms with van der Waals surface area (Å²) in [6, 6.07) is 12.6. The van der Waals surface area contributed by atoms with E-state index in [2.05, 4.69) is 10.3 Å². The van der Waals surface area contributed by atoms with Gasteiger partial charge in [-0.1, -0.05) is 6.07 Å². The molecule has 1 atom stereocenters. The average Bonchev–Trinajstić information content (AvgIpc) is 3.18. The zero-order valence-corrected chi connectivity index (χ0v) is 18.4. The van der Waals surface area contributed by atoms with E-state index in [0.717, 1.165) is 11.4 Å². The molecule has 7 heteroatoms. The number of nitrogens with zero attached hydrogens (tertiary/aromatic N) is 2. The Labute approximate surface area is 183 Å². The van der Waals surface area contributed by atoms with Gasteiger partial charge in [-0.3, -0.25) is 4.79 Å². The number of ether oxygens (including phenoxy) is 3. The maximum absolute atomic E-state index is 12.7. The van der Waals surface area contributed by atoms with Crippen LogP contribution in [0.4, 0.5) is 0 Å². The highest BCUT2D eigenvalue weighted by Crippen LogP contribution is 2.30. The van der Waals surface area contributed by atoms with Gasteiger partial charge in [-0.25, -0.2) is 4.98 Å². The maximum atomic E-state index is 12.7. The number of rotatable bonds is 10. The molecule has 164 valence electrons. The zero-order valence-electron chi connectivity index (χ0n) is 18.4. The molecule has 1 N–H and O–H groups in total. The minimum Gasteiger partial charge on any atom is -0.490 e. The summed E-state index contributed by atoms with van der Waals surface area (Å²) in [6.07, 6.45) is 3.60. The van der Waals surface area contributed by atoms with Crippen LogP contribution in [0.1, 0.15) is 48.6 Å². The summed E-state index contributed by atoms with van der Waals surface area (Å²) in [5.41, 5.74) is 1.50. The van der Waals surface area contributed by atoms with E-state index in [1.54, 1.807) is 30.5 Å². The van der Waals surface area contributed by atoms with Gasteiger partial charge in [0.15, 0.2) is 11.5 Å². The van der Waals surface area contributed by atoms with Crippen molar-refractivity contribution in [2.75, 3.05) is 13.2 Å². The molecule has 2 aromatic carbocycles. The predicted octanol–water partition coefficient (Wildman–Crippen LogP) is 4.29. The molecule has 0 bridgehead atoms. The van der Waals surface area contributed by atoms with Gasteiger partial charge >= 0.3 is 0 Å². The van der Waals surface area contributed by atoms with Crippen LogP contribution in [0.5, 0.6) is 17.2 Å². The Hall–Kier alpha value is -3.48. The number of hydrogen-bond donors (Lipinski definition) is 1. The molecule has 0 fully saturated rings. The second-order valence-corrected chi connectivity index (χ2v) is 7.03. The predicted molar refractivity (Wildman–Crippen MR) is 119 cm³/mol. The molecule has 3 aromatic rings. The van der Waals surface area contributed by atoms with Crippen LogP contribution in [0, 0.1) is 0 Å². The van der Waals surface area contributed by atoms with Crippen LogP contribution in [0.25, 0.3) is 0 Å². The minimum absolute atomic E-state index is 0.157. The fraction of sp³-hybridized carbons (Fsp3) is 0.333. The molecule has 7 nitrogen and oxygen atoms in total. The van der Waals surface area contributed by atoms with E-state index < -0.39 is 0 Å². The van der Waals surface area contributed by atoms with E-state index in [4.69, 9.17) is 14.2 Å². The topological polar surface area (TPSA) is 74.6 Å². The molecular weight excluding hydrogens is 394 g/mol. The third-order valence-electron chi connectivity index (χ3n) is 4.82. The summed E-state index contributed by atoms with van der Waals surface area (Å²) in [5, 5.41) is 3.03. The average molecular weight is 424 g/mol. The van der Waals surface area contributed by atoms with E-state index >= 15 is 0 Å². The molecule has 0 aliphatic rings. The Morgan fingerprint density at radius 3 is 2.39 bits per heavy atom. The van der Waals surface area contributed by atoms with Crippen LogP contribution >= 0.6 is 0 Å². The number of benzene rings is 2. The van der Waals surface area contributed by atoms with Crippen molar-refractivity contribution >= 4 is 5.91 Å². The highest BCUT2D eigenvalue weighted by Gasteiger charge is 2.14. The Kier molecular flexibility index (Phi) is 7.54. The first-order valence-corrected chi connectivity index (χ1v) is 10.4. The Morgan fingerprint density at radius 1 is 1.03 bits per heavy atom. The molecule has 0 aliphatic carbocycles. The van der Waals surface area contributed by atoms with E-state index in [1.807, 2.05) is 56.8 Å². The normalized spacial score (nSPS) is 11.6. The molecule has 31 heavy (non-hydrogen) atoms. The highest BCUT2D eigenvalue weighted by atomic mass is 16.5. The van der Waals surface area contributed by atoms with Crippen LogP contribution < -0.4 is 19.5 Å². The van der Waals surface area contributed by atoms with Crippen LogP contribution in [-0.4, -0.2) is 28.7 Å². The van der Waals surface area contributed by atoms with Crippen molar-refractivity contribution in [3.05, 3.63) is 71.8 Å². The highest BCUT2D eigenvalue weighted by molar-refractivity contribution is 5.94. The summed E-state index contributed by atoms with van der Waals surface area (Å²) in [5.74, 6) is 2.73. The zero-order chi connectivity index (χ0) is 22.2.